The first kappa shape index (κ1) is 21.8. The molecule has 0 bridgehead atoms. The predicted octanol–water partition coefficient (Wildman–Crippen LogP) is 9.28. The zero-order valence-electron chi connectivity index (χ0n) is 20.5. The molecule has 172 valence electrons. The van der Waals surface area contributed by atoms with E-state index in [1.54, 1.807) is 89.9 Å². The highest BCUT2D eigenvalue weighted by Crippen LogP contribution is 2.54. The molecular formula is C30H52. The molecule has 0 spiro atoms. The van der Waals surface area contributed by atoms with E-state index in [1.807, 2.05) is 0 Å². The third-order valence-electron chi connectivity index (χ3n) is 11.5. The molecule has 8 unspecified atom stereocenters. The third-order valence-corrected chi connectivity index (χ3v) is 11.5. The van der Waals surface area contributed by atoms with Crippen LogP contribution in [0.3, 0.4) is 0 Å². The quantitative estimate of drug-likeness (QED) is 0.431. The first-order chi connectivity index (χ1) is 14.7. The van der Waals surface area contributed by atoms with E-state index < -0.39 is 0 Å². The lowest BCUT2D eigenvalue weighted by Gasteiger charge is -2.49. The lowest BCUT2D eigenvalue weighted by Crippen LogP contribution is -2.38. The Bertz CT molecular complexity index is 528. The zero-order chi connectivity index (χ0) is 20.5. The zero-order valence-corrected chi connectivity index (χ0v) is 20.5. The average molecular weight is 413 g/mol. The van der Waals surface area contributed by atoms with Crippen LogP contribution in [0.25, 0.3) is 0 Å². The van der Waals surface area contributed by atoms with Gasteiger partial charge >= 0.3 is 0 Å². The van der Waals surface area contributed by atoms with Crippen molar-refractivity contribution < 1.29 is 0 Å². The van der Waals surface area contributed by atoms with E-state index in [9.17, 15) is 0 Å². The lowest BCUT2D eigenvalue weighted by atomic mass is 9.56. The minimum atomic E-state index is 1.02. The molecule has 30 heavy (non-hydrogen) atoms. The molecule has 0 saturated heterocycles. The van der Waals surface area contributed by atoms with Crippen LogP contribution in [0, 0.1) is 59.2 Å². The molecule has 8 atom stereocenters. The van der Waals surface area contributed by atoms with Gasteiger partial charge < -0.3 is 0 Å². The van der Waals surface area contributed by atoms with Crippen molar-refractivity contribution in [2.24, 2.45) is 59.2 Å². The molecule has 0 heterocycles. The second kappa shape index (κ2) is 9.87. The monoisotopic (exact) mass is 412 g/mol. The topological polar surface area (TPSA) is 0 Å². The van der Waals surface area contributed by atoms with Gasteiger partial charge in [0.25, 0.3) is 0 Å². The van der Waals surface area contributed by atoms with Crippen LogP contribution in [-0.4, -0.2) is 0 Å². The summed E-state index contributed by atoms with van der Waals surface area (Å²) in [6.45, 7) is 4.88. The summed E-state index contributed by atoms with van der Waals surface area (Å²) in [6.07, 6.45) is 28.4. The number of fused-ring (bicyclic) bond motifs is 2. The molecule has 5 saturated carbocycles. The largest absolute Gasteiger partial charge is 0.0654 e. The Morgan fingerprint density at radius 3 is 1.27 bits per heavy atom. The molecule has 5 aliphatic carbocycles. The van der Waals surface area contributed by atoms with Gasteiger partial charge in [-0.1, -0.05) is 46.0 Å². The van der Waals surface area contributed by atoms with Crippen molar-refractivity contribution in [1.29, 1.82) is 0 Å². The van der Waals surface area contributed by atoms with Crippen LogP contribution in [-0.2, 0) is 0 Å². The first-order valence-corrected chi connectivity index (χ1v) is 14.7. The third kappa shape index (κ3) is 4.83. The average Bonchev–Trinajstić information content (AvgIpc) is 2.79. The molecule has 5 aliphatic rings. The van der Waals surface area contributed by atoms with Gasteiger partial charge in [-0.05, 0) is 143 Å². The summed E-state index contributed by atoms with van der Waals surface area (Å²) in [6, 6.07) is 0. The molecule has 5 fully saturated rings. The molecule has 0 aromatic carbocycles. The Hall–Kier alpha value is 0. The predicted molar refractivity (Wildman–Crippen MR) is 129 cm³/mol. The van der Waals surface area contributed by atoms with Crippen molar-refractivity contribution in [3.05, 3.63) is 0 Å². The molecule has 0 N–H and O–H groups in total. The molecule has 0 aromatic heterocycles. The Morgan fingerprint density at radius 1 is 0.433 bits per heavy atom. The van der Waals surface area contributed by atoms with Gasteiger partial charge in [0.05, 0.1) is 0 Å². The molecule has 0 aromatic rings. The summed E-state index contributed by atoms with van der Waals surface area (Å²) < 4.78 is 0. The molecule has 5 rings (SSSR count). The summed E-state index contributed by atoms with van der Waals surface area (Å²) in [4.78, 5) is 0. The Morgan fingerprint density at radius 2 is 0.800 bits per heavy atom. The van der Waals surface area contributed by atoms with Crippen molar-refractivity contribution in [3.63, 3.8) is 0 Å². The number of hydrogen-bond acceptors (Lipinski definition) is 0. The normalized spacial score (nSPS) is 49.8. The summed E-state index contributed by atoms with van der Waals surface area (Å²) in [5.41, 5.74) is 0. The summed E-state index contributed by atoms with van der Waals surface area (Å²) in [5, 5.41) is 0. The van der Waals surface area contributed by atoms with Gasteiger partial charge in [-0.2, -0.15) is 0 Å². The van der Waals surface area contributed by atoms with Crippen molar-refractivity contribution in [2.45, 2.75) is 129 Å². The van der Waals surface area contributed by atoms with E-state index >= 15 is 0 Å². The van der Waals surface area contributed by atoms with Crippen LogP contribution >= 0.6 is 0 Å². The standard InChI is InChI=1S/C30H52/c1-3-4-22-7-10-26-19-28(13-11-24(26)17-22)30-16-15-27-18-25(12-14-29(27)20-30)23-8-5-21(2)6-9-23/h21-30H,3-20H2,1-2H3. The summed E-state index contributed by atoms with van der Waals surface area (Å²) in [7, 11) is 0. The van der Waals surface area contributed by atoms with E-state index in [-0.39, 0.29) is 0 Å². The first-order valence-electron chi connectivity index (χ1n) is 14.7. The minimum Gasteiger partial charge on any atom is -0.0654 e. The number of rotatable bonds is 4. The fourth-order valence-electron chi connectivity index (χ4n) is 9.70. The molecule has 0 heteroatoms. The Balaban J connectivity index is 1.10. The van der Waals surface area contributed by atoms with Gasteiger partial charge in [-0.25, -0.2) is 0 Å². The highest BCUT2D eigenvalue weighted by molar-refractivity contribution is 4.93. The van der Waals surface area contributed by atoms with Crippen LogP contribution in [0.2, 0.25) is 0 Å². The van der Waals surface area contributed by atoms with E-state index in [0.29, 0.717) is 0 Å². The minimum absolute atomic E-state index is 1.02. The fraction of sp³-hybridized carbons (Fsp3) is 1.00. The van der Waals surface area contributed by atoms with Gasteiger partial charge in [0.1, 0.15) is 0 Å². The van der Waals surface area contributed by atoms with E-state index in [4.69, 9.17) is 0 Å². The van der Waals surface area contributed by atoms with Crippen molar-refractivity contribution in [3.8, 4) is 0 Å². The highest BCUT2D eigenvalue weighted by Gasteiger charge is 2.43. The highest BCUT2D eigenvalue weighted by atomic mass is 14.5. The molecular weight excluding hydrogens is 360 g/mol. The summed E-state index contributed by atoms with van der Waals surface area (Å²) in [5.74, 6) is 11.1. The van der Waals surface area contributed by atoms with Gasteiger partial charge in [0, 0.05) is 0 Å². The van der Waals surface area contributed by atoms with E-state index in [2.05, 4.69) is 13.8 Å². The Labute approximate surface area is 188 Å². The van der Waals surface area contributed by atoms with E-state index in [1.165, 1.54) is 25.7 Å². The SMILES string of the molecule is CCCC1CCC2CC(C3CCC4CC(C5CCC(C)CC5)CCC4C3)CCC2C1. The number of hydrogen-bond donors (Lipinski definition) is 0. The molecule has 0 amide bonds. The van der Waals surface area contributed by atoms with Crippen LogP contribution in [0.5, 0.6) is 0 Å². The van der Waals surface area contributed by atoms with E-state index in [0.717, 1.165) is 59.2 Å². The van der Waals surface area contributed by atoms with Gasteiger partial charge in [0.15, 0.2) is 0 Å². The smallest absolute Gasteiger partial charge is 0.0383 e. The molecule has 0 nitrogen and oxygen atoms in total. The maximum absolute atomic E-state index is 2.48. The summed E-state index contributed by atoms with van der Waals surface area (Å²) >= 11 is 0. The van der Waals surface area contributed by atoms with Crippen LogP contribution in [0.15, 0.2) is 0 Å². The maximum Gasteiger partial charge on any atom is -0.0383 e. The van der Waals surface area contributed by atoms with Crippen LogP contribution in [0.4, 0.5) is 0 Å². The van der Waals surface area contributed by atoms with Crippen LogP contribution in [0.1, 0.15) is 129 Å². The molecule has 0 radical (unpaired) electrons. The maximum atomic E-state index is 2.48. The van der Waals surface area contributed by atoms with Crippen molar-refractivity contribution in [2.75, 3.05) is 0 Å². The second-order valence-corrected chi connectivity index (χ2v) is 13.2. The van der Waals surface area contributed by atoms with Gasteiger partial charge in [-0.3, -0.25) is 0 Å². The second-order valence-electron chi connectivity index (χ2n) is 13.2. The van der Waals surface area contributed by atoms with Gasteiger partial charge in [-0.15, -0.1) is 0 Å². The van der Waals surface area contributed by atoms with Crippen molar-refractivity contribution in [1.82, 2.24) is 0 Å². The fourth-order valence-corrected chi connectivity index (χ4v) is 9.70. The Kier molecular flexibility index (Phi) is 7.18. The van der Waals surface area contributed by atoms with Crippen molar-refractivity contribution >= 4 is 0 Å². The van der Waals surface area contributed by atoms with Gasteiger partial charge in [0.2, 0.25) is 0 Å². The lowest BCUT2D eigenvalue weighted by molar-refractivity contribution is 0.0178. The van der Waals surface area contributed by atoms with Crippen LogP contribution < -0.4 is 0 Å². The molecule has 0 aliphatic heterocycles.